The molecule has 2 rings (SSSR count). The number of halogens is 1. The lowest BCUT2D eigenvalue weighted by Gasteiger charge is -2.39. The minimum absolute atomic E-state index is 0.0510. The van der Waals surface area contributed by atoms with E-state index in [-0.39, 0.29) is 17.3 Å². The monoisotopic (exact) mass is 296 g/mol. The van der Waals surface area contributed by atoms with E-state index in [0.29, 0.717) is 11.4 Å². The van der Waals surface area contributed by atoms with Gasteiger partial charge in [-0.05, 0) is 48.4 Å². The summed E-state index contributed by atoms with van der Waals surface area (Å²) in [5.41, 5.74) is 1.06. The number of carboxylic acid groups (broad SMARTS) is 1. The average molecular weight is 297 g/mol. The molecule has 1 N–H and O–H groups in total. The molecule has 0 aromatic heterocycles. The van der Waals surface area contributed by atoms with Gasteiger partial charge in [0.05, 0.1) is 13.0 Å². The summed E-state index contributed by atoms with van der Waals surface area (Å²) in [6.07, 6.45) is 2.46. The Morgan fingerprint density at radius 3 is 2.75 bits per heavy atom. The third kappa shape index (κ3) is 3.09. The number of aliphatic carboxylic acids is 1. The summed E-state index contributed by atoms with van der Waals surface area (Å²) in [5.74, 6) is -0.420. The predicted molar refractivity (Wildman–Crippen MR) is 79.5 cm³/mol. The zero-order valence-corrected chi connectivity index (χ0v) is 12.9. The smallest absolute Gasteiger partial charge is 0.307 e. The minimum Gasteiger partial charge on any atom is -0.496 e. The Bertz CT molecular complexity index is 510. The van der Waals surface area contributed by atoms with Gasteiger partial charge in [-0.1, -0.05) is 25.4 Å². The predicted octanol–water partition coefficient (Wildman–Crippen LogP) is 4.34. The van der Waals surface area contributed by atoms with E-state index in [4.69, 9.17) is 16.3 Å². The van der Waals surface area contributed by atoms with Crippen LogP contribution >= 0.6 is 11.6 Å². The third-order valence-corrected chi connectivity index (χ3v) is 4.53. The standard InChI is InChI=1S/C16H21ClO3/c1-16(2)7-6-11(15(18)19)13(9-16)12-8-10(17)4-5-14(12)20-3/h4-5,8,11,13H,6-7,9H2,1-3H3,(H,18,19). The van der Waals surface area contributed by atoms with Gasteiger partial charge in [-0.15, -0.1) is 0 Å². The Morgan fingerprint density at radius 2 is 2.15 bits per heavy atom. The lowest BCUT2D eigenvalue weighted by Crippen LogP contribution is -2.33. The zero-order chi connectivity index (χ0) is 14.9. The number of carbonyl (C=O) groups is 1. The van der Waals surface area contributed by atoms with Crippen LogP contribution in [-0.2, 0) is 4.79 Å². The lowest BCUT2D eigenvalue weighted by molar-refractivity contribution is -0.144. The number of hydrogen-bond donors (Lipinski definition) is 1. The van der Waals surface area contributed by atoms with Gasteiger partial charge in [0.2, 0.25) is 0 Å². The van der Waals surface area contributed by atoms with Crippen LogP contribution in [0, 0.1) is 11.3 Å². The molecule has 0 radical (unpaired) electrons. The highest BCUT2D eigenvalue weighted by Crippen LogP contribution is 2.49. The summed E-state index contributed by atoms with van der Waals surface area (Å²) >= 11 is 6.09. The van der Waals surface area contributed by atoms with Gasteiger partial charge in [0.25, 0.3) is 0 Å². The fourth-order valence-electron chi connectivity index (χ4n) is 3.20. The molecule has 20 heavy (non-hydrogen) atoms. The van der Waals surface area contributed by atoms with Gasteiger partial charge in [-0.25, -0.2) is 0 Å². The molecule has 1 saturated carbocycles. The van der Waals surface area contributed by atoms with E-state index in [0.717, 1.165) is 24.2 Å². The molecule has 2 unspecified atom stereocenters. The molecular weight excluding hydrogens is 276 g/mol. The molecule has 3 nitrogen and oxygen atoms in total. The van der Waals surface area contributed by atoms with Crippen molar-refractivity contribution in [1.29, 1.82) is 0 Å². The van der Waals surface area contributed by atoms with Gasteiger partial charge < -0.3 is 9.84 Å². The van der Waals surface area contributed by atoms with Crippen molar-refractivity contribution in [3.05, 3.63) is 28.8 Å². The number of ether oxygens (including phenoxy) is 1. The molecular formula is C16H21ClO3. The van der Waals surface area contributed by atoms with Gasteiger partial charge in [-0.2, -0.15) is 0 Å². The Morgan fingerprint density at radius 1 is 1.45 bits per heavy atom. The second kappa shape index (κ2) is 5.65. The van der Waals surface area contributed by atoms with Crippen LogP contribution in [0.1, 0.15) is 44.6 Å². The zero-order valence-electron chi connectivity index (χ0n) is 12.1. The van der Waals surface area contributed by atoms with Crippen molar-refractivity contribution >= 4 is 17.6 Å². The Balaban J connectivity index is 2.44. The first-order valence-electron chi connectivity index (χ1n) is 6.90. The van der Waals surface area contributed by atoms with Crippen LogP contribution in [0.5, 0.6) is 5.75 Å². The van der Waals surface area contributed by atoms with E-state index >= 15 is 0 Å². The minimum atomic E-state index is -0.729. The topological polar surface area (TPSA) is 46.5 Å². The highest BCUT2D eigenvalue weighted by molar-refractivity contribution is 6.30. The van der Waals surface area contributed by atoms with E-state index < -0.39 is 5.97 Å². The second-order valence-corrected chi connectivity index (χ2v) is 6.78. The maximum Gasteiger partial charge on any atom is 0.307 e. The number of methoxy groups -OCH3 is 1. The van der Waals surface area contributed by atoms with Crippen LogP contribution in [0.15, 0.2) is 18.2 Å². The normalized spacial score (nSPS) is 25.2. The third-order valence-electron chi connectivity index (χ3n) is 4.30. The summed E-state index contributed by atoms with van der Waals surface area (Å²) in [6.45, 7) is 4.38. The first-order chi connectivity index (χ1) is 9.34. The van der Waals surface area contributed by atoms with E-state index in [1.165, 1.54) is 0 Å². The molecule has 4 heteroatoms. The van der Waals surface area contributed by atoms with Crippen molar-refractivity contribution in [3.63, 3.8) is 0 Å². The van der Waals surface area contributed by atoms with Gasteiger partial charge in [0, 0.05) is 10.9 Å². The van der Waals surface area contributed by atoms with Gasteiger partial charge in [-0.3, -0.25) is 4.79 Å². The molecule has 1 aliphatic carbocycles. The molecule has 1 aromatic rings. The molecule has 1 aromatic carbocycles. The Labute approximate surface area is 124 Å². The molecule has 0 aliphatic heterocycles. The van der Waals surface area contributed by atoms with Crippen LogP contribution < -0.4 is 4.74 Å². The summed E-state index contributed by atoms with van der Waals surface area (Å²) in [7, 11) is 1.61. The lowest BCUT2D eigenvalue weighted by atomic mass is 9.65. The van der Waals surface area contributed by atoms with E-state index in [1.54, 1.807) is 13.2 Å². The SMILES string of the molecule is COc1ccc(Cl)cc1C1CC(C)(C)CCC1C(=O)O. The first kappa shape index (κ1) is 15.2. The van der Waals surface area contributed by atoms with Crippen molar-refractivity contribution in [3.8, 4) is 5.75 Å². The van der Waals surface area contributed by atoms with Gasteiger partial charge in [0.15, 0.2) is 0 Å². The van der Waals surface area contributed by atoms with Crippen molar-refractivity contribution < 1.29 is 14.6 Å². The molecule has 0 bridgehead atoms. The van der Waals surface area contributed by atoms with Crippen LogP contribution in [-0.4, -0.2) is 18.2 Å². The maximum atomic E-state index is 11.6. The van der Waals surface area contributed by atoms with Crippen LogP contribution in [0.2, 0.25) is 5.02 Å². The number of benzene rings is 1. The van der Waals surface area contributed by atoms with Crippen molar-refractivity contribution in [2.45, 2.75) is 39.0 Å². The molecule has 0 heterocycles. The fourth-order valence-corrected chi connectivity index (χ4v) is 3.38. The maximum absolute atomic E-state index is 11.6. The number of carboxylic acids is 1. The Kier molecular flexibility index (Phi) is 4.28. The molecule has 110 valence electrons. The molecule has 1 fully saturated rings. The summed E-state index contributed by atoms with van der Waals surface area (Å²) in [6, 6.07) is 5.44. The van der Waals surface area contributed by atoms with E-state index in [9.17, 15) is 9.90 Å². The van der Waals surface area contributed by atoms with Gasteiger partial charge >= 0.3 is 5.97 Å². The summed E-state index contributed by atoms with van der Waals surface area (Å²) in [5, 5.41) is 10.1. The van der Waals surface area contributed by atoms with E-state index in [2.05, 4.69) is 13.8 Å². The summed E-state index contributed by atoms with van der Waals surface area (Å²) in [4.78, 5) is 11.6. The van der Waals surface area contributed by atoms with Crippen molar-refractivity contribution in [2.75, 3.05) is 7.11 Å². The van der Waals surface area contributed by atoms with Crippen molar-refractivity contribution in [2.24, 2.45) is 11.3 Å². The number of hydrogen-bond acceptors (Lipinski definition) is 2. The van der Waals surface area contributed by atoms with Gasteiger partial charge in [0.1, 0.15) is 5.75 Å². The molecule has 2 atom stereocenters. The van der Waals surface area contributed by atoms with E-state index in [1.807, 2.05) is 12.1 Å². The highest BCUT2D eigenvalue weighted by atomic mass is 35.5. The highest BCUT2D eigenvalue weighted by Gasteiger charge is 2.40. The second-order valence-electron chi connectivity index (χ2n) is 6.34. The fraction of sp³-hybridized carbons (Fsp3) is 0.562. The average Bonchev–Trinajstić information content (AvgIpc) is 2.37. The van der Waals surface area contributed by atoms with Crippen LogP contribution in [0.4, 0.5) is 0 Å². The van der Waals surface area contributed by atoms with Crippen molar-refractivity contribution in [1.82, 2.24) is 0 Å². The molecule has 0 amide bonds. The quantitative estimate of drug-likeness (QED) is 0.902. The van der Waals surface area contributed by atoms with Crippen LogP contribution in [0.3, 0.4) is 0 Å². The first-order valence-corrected chi connectivity index (χ1v) is 7.28. The molecule has 0 saturated heterocycles. The summed E-state index contributed by atoms with van der Waals surface area (Å²) < 4.78 is 5.40. The largest absolute Gasteiger partial charge is 0.496 e. The number of rotatable bonds is 3. The molecule has 0 spiro atoms. The Hall–Kier alpha value is -1.22. The van der Waals surface area contributed by atoms with Crippen LogP contribution in [0.25, 0.3) is 0 Å². The molecule has 1 aliphatic rings.